The summed E-state index contributed by atoms with van der Waals surface area (Å²) in [6.45, 7) is 19.9. The number of hydrogen-bond donors (Lipinski definition) is 0. The van der Waals surface area contributed by atoms with Crippen LogP contribution in [-0.2, 0) is 0 Å². The van der Waals surface area contributed by atoms with Crippen LogP contribution in [0.25, 0.3) is 0 Å². The monoisotopic (exact) mass is 227 g/mol. The summed E-state index contributed by atoms with van der Waals surface area (Å²) in [5.74, 6) is 0.801. The van der Waals surface area contributed by atoms with Crippen LogP contribution in [0.1, 0.15) is 74.7 Å². The molecule has 0 rings (SSSR count). The molecule has 0 fully saturated rings. The molecule has 0 spiro atoms. The van der Waals surface area contributed by atoms with E-state index in [1.165, 1.54) is 25.8 Å². The van der Waals surface area contributed by atoms with Gasteiger partial charge in [-0.05, 0) is 53.4 Å². The third-order valence-corrected chi connectivity index (χ3v) is 3.68. The molecule has 0 aromatic heterocycles. The third-order valence-electron chi connectivity index (χ3n) is 3.68. The fraction of sp³-hybridized carbons (Fsp3) is 1.00. The fourth-order valence-corrected chi connectivity index (χ4v) is 2.52. The van der Waals surface area contributed by atoms with Crippen LogP contribution in [0.4, 0.5) is 0 Å². The van der Waals surface area contributed by atoms with Gasteiger partial charge < -0.3 is 0 Å². The zero-order valence-corrected chi connectivity index (χ0v) is 12.9. The molecule has 0 aromatic rings. The van der Waals surface area contributed by atoms with Gasteiger partial charge in [-0.1, -0.05) is 27.2 Å². The summed E-state index contributed by atoms with van der Waals surface area (Å²) in [6.07, 6.45) is 3.85. The highest BCUT2D eigenvalue weighted by Crippen LogP contribution is 2.29. The Labute approximate surface area is 104 Å². The second-order valence-corrected chi connectivity index (χ2v) is 6.84. The first-order valence-corrected chi connectivity index (χ1v) is 6.93. The minimum Gasteiger partial charge on any atom is -0.293 e. The van der Waals surface area contributed by atoms with Crippen molar-refractivity contribution < 1.29 is 0 Å². The molecule has 0 aliphatic rings. The van der Waals surface area contributed by atoms with Gasteiger partial charge in [-0.3, -0.25) is 4.90 Å². The minimum absolute atomic E-state index is 0.265. The van der Waals surface area contributed by atoms with Crippen LogP contribution in [0, 0.1) is 5.92 Å². The fourth-order valence-electron chi connectivity index (χ4n) is 2.52. The molecule has 16 heavy (non-hydrogen) atoms. The van der Waals surface area contributed by atoms with E-state index in [0.29, 0.717) is 5.54 Å². The molecule has 1 heteroatoms. The Morgan fingerprint density at radius 1 is 1.00 bits per heavy atom. The quantitative estimate of drug-likeness (QED) is 0.635. The summed E-state index contributed by atoms with van der Waals surface area (Å²) >= 11 is 0. The first-order chi connectivity index (χ1) is 7.15. The highest BCUT2D eigenvalue weighted by Gasteiger charge is 2.33. The van der Waals surface area contributed by atoms with Crippen molar-refractivity contribution in [3.05, 3.63) is 0 Å². The Kier molecular flexibility index (Phi) is 6.03. The lowest BCUT2D eigenvalue weighted by Crippen LogP contribution is -2.55. The van der Waals surface area contributed by atoms with Gasteiger partial charge in [0.25, 0.3) is 0 Å². The number of nitrogens with zero attached hydrogens (tertiary/aromatic N) is 1. The summed E-state index contributed by atoms with van der Waals surface area (Å²) in [5, 5.41) is 0. The number of rotatable bonds is 6. The molecular weight excluding hydrogens is 194 g/mol. The van der Waals surface area contributed by atoms with E-state index in [-0.39, 0.29) is 5.54 Å². The first kappa shape index (κ1) is 16.0. The lowest BCUT2D eigenvalue weighted by Gasteiger charge is -2.48. The summed E-state index contributed by atoms with van der Waals surface area (Å²) in [7, 11) is 0. The molecule has 1 nitrogen and oxygen atoms in total. The Bertz CT molecular complexity index is 188. The lowest BCUT2D eigenvalue weighted by molar-refractivity contribution is 0.0105. The van der Waals surface area contributed by atoms with Crippen LogP contribution in [0.2, 0.25) is 0 Å². The van der Waals surface area contributed by atoms with E-state index in [4.69, 9.17) is 0 Å². The molecule has 0 aliphatic heterocycles. The average molecular weight is 227 g/mol. The Hall–Kier alpha value is -0.0400. The van der Waals surface area contributed by atoms with Crippen molar-refractivity contribution in [1.29, 1.82) is 0 Å². The molecule has 0 amide bonds. The van der Waals surface area contributed by atoms with Crippen LogP contribution in [0.15, 0.2) is 0 Å². The van der Waals surface area contributed by atoms with Crippen LogP contribution < -0.4 is 0 Å². The van der Waals surface area contributed by atoms with Crippen LogP contribution in [0.3, 0.4) is 0 Å². The first-order valence-electron chi connectivity index (χ1n) is 6.93. The molecule has 0 heterocycles. The van der Waals surface area contributed by atoms with E-state index < -0.39 is 0 Å². The molecule has 1 atom stereocenters. The molecule has 0 N–H and O–H groups in total. The smallest absolute Gasteiger partial charge is 0.0155 e. The zero-order valence-electron chi connectivity index (χ0n) is 12.9. The molecule has 1 unspecified atom stereocenters. The Morgan fingerprint density at radius 2 is 1.50 bits per heavy atom. The van der Waals surface area contributed by atoms with Gasteiger partial charge in [0.1, 0.15) is 0 Å². The van der Waals surface area contributed by atoms with Crippen molar-refractivity contribution in [2.24, 2.45) is 5.92 Å². The van der Waals surface area contributed by atoms with Crippen molar-refractivity contribution >= 4 is 0 Å². The van der Waals surface area contributed by atoms with Crippen LogP contribution >= 0.6 is 0 Å². The summed E-state index contributed by atoms with van der Waals surface area (Å²) in [4.78, 5) is 2.68. The maximum atomic E-state index is 2.68. The van der Waals surface area contributed by atoms with E-state index in [0.717, 1.165) is 5.92 Å². The molecule has 0 radical (unpaired) electrons. The van der Waals surface area contributed by atoms with E-state index in [1.54, 1.807) is 0 Å². The van der Waals surface area contributed by atoms with Gasteiger partial charge in [0, 0.05) is 17.6 Å². The molecule has 0 aromatic carbocycles. The summed E-state index contributed by atoms with van der Waals surface area (Å²) < 4.78 is 0. The highest BCUT2D eigenvalue weighted by molar-refractivity contribution is 4.89. The zero-order chi connectivity index (χ0) is 13.0. The van der Waals surface area contributed by atoms with E-state index in [9.17, 15) is 0 Å². The molecular formula is C15H33N. The second kappa shape index (κ2) is 6.05. The van der Waals surface area contributed by atoms with Gasteiger partial charge in [-0.15, -0.1) is 0 Å². The minimum atomic E-state index is 0.265. The Balaban J connectivity index is 4.70. The normalized spacial score (nSPS) is 15.6. The maximum Gasteiger partial charge on any atom is 0.0155 e. The van der Waals surface area contributed by atoms with Gasteiger partial charge in [-0.2, -0.15) is 0 Å². The lowest BCUT2D eigenvalue weighted by atomic mass is 9.90. The summed E-state index contributed by atoms with van der Waals surface area (Å²) in [5.41, 5.74) is 0.571. The highest BCUT2D eigenvalue weighted by atomic mass is 15.2. The van der Waals surface area contributed by atoms with E-state index in [2.05, 4.69) is 60.3 Å². The van der Waals surface area contributed by atoms with Crippen molar-refractivity contribution in [2.45, 2.75) is 85.7 Å². The van der Waals surface area contributed by atoms with Gasteiger partial charge >= 0.3 is 0 Å². The van der Waals surface area contributed by atoms with Gasteiger partial charge in [0.05, 0.1) is 0 Å². The van der Waals surface area contributed by atoms with Crippen molar-refractivity contribution in [3.8, 4) is 0 Å². The second-order valence-electron chi connectivity index (χ2n) is 6.84. The number of hydrogen-bond acceptors (Lipinski definition) is 1. The average Bonchev–Trinajstić information content (AvgIpc) is 2.13. The molecule has 0 bridgehead atoms. The van der Waals surface area contributed by atoms with Crippen LogP contribution in [0.5, 0.6) is 0 Å². The van der Waals surface area contributed by atoms with Gasteiger partial charge in [-0.25, -0.2) is 0 Å². The van der Waals surface area contributed by atoms with Crippen molar-refractivity contribution in [1.82, 2.24) is 4.90 Å². The standard InChI is InChI=1S/C15H33N/c1-9-11-13(3)12-16(14(4,5)6)15(7,8)10-2/h13H,9-12H2,1-8H3. The SMILES string of the molecule is CCCC(C)CN(C(C)(C)C)C(C)(C)CC. The molecule has 0 saturated carbocycles. The third kappa shape index (κ3) is 4.86. The van der Waals surface area contributed by atoms with Crippen molar-refractivity contribution in [2.75, 3.05) is 6.54 Å². The molecule has 0 saturated heterocycles. The Morgan fingerprint density at radius 3 is 1.81 bits per heavy atom. The van der Waals surface area contributed by atoms with Gasteiger partial charge in [0.15, 0.2) is 0 Å². The predicted octanol–water partition coefficient (Wildman–Crippen LogP) is 4.71. The largest absolute Gasteiger partial charge is 0.293 e. The molecule has 98 valence electrons. The maximum absolute atomic E-state index is 2.68. The van der Waals surface area contributed by atoms with E-state index >= 15 is 0 Å². The van der Waals surface area contributed by atoms with Gasteiger partial charge in [0.2, 0.25) is 0 Å². The summed E-state index contributed by atoms with van der Waals surface area (Å²) in [6, 6.07) is 0. The predicted molar refractivity (Wildman–Crippen MR) is 74.9 cm³/mol. The van der Waals surface area contributed by atoms with E-state index in [1.807, 2.05) is 0 Å². The molecule has 0 aliphatic carbocycles. The van der Waals surface area contributed by atoms with Crippen molar-refractivity contribution in [3.63, 3.8) is 0 Å². The topological polar surface area (TPSA) is 3.24 Å². The van der Waals surface area contributed by atoms with Crippen LogP contribution in [-0.4, -0.2) is 22.5 Å².